The van der Waals surface area contributed by atoms with Crippen molar-refractivity contribution < 1.29 is 13.9 Å². The van der Waals surface area contributed by atoms with Gasteiger partial charge in [-0.2, -0.15) is 0 Å². The summed E-state index contributed by atoms with van der Waals surface area (Å²) in [5.74, 6) is 0.755. The summed E-state index contributed by atoms with van der Waals surface area (Å²) >= 11 is 0. The van der Waals surface area contributed by atoms with Crippen LogP contribution in [0, 0.1) is 0 Å². The highest BCUT2D eigenvalue weighted by Gasteiger charge is 2.22. The highest BCUT2D eigenvalue weighted by Crippen LogP contribution is 2.16. The fourth-order valence-electron chi connectivity index (χ4n) is 2.75. The Hall–Kier alpha value is -2.27. The van der Waals surface area contributed by atoms with Crippen LogP contribution < -0.4 is 0 Å². The van der Waals surface area contributed by atoms with Crippen LogP contribution in [-0.4, -0.2) is 34.6 Å². The van der Waals surface area contributed by atoms with E-state index in [0.29, 0.717) is 13.1 Å². The molecular formula is C18H22N2O3. The van der Waals surface area contributed by atoms with E-state index in [1.807, 2.05) is 48.3 Å². The van der Waals surface area contributed by atoms with Crippen molar-refractivity contribution in [3.8, 4) is 0 Å². The summed E-state index contributed by atoms with van der Waals surface area (Å²) in [7, 11) is 1.96. The first-order chi connectivity index (χ1) is 11.2. The van der Waals surface area contributed by atoms with Crippen LogP contribution in [0.1, 0.15) is 24.2 Å². The van der Waals surface area contributed by atoms with Crippen LogP contribution in [0.2, 0.25) is 0 Å². The van der Waals surface area contributed by atoms with Crippen molar-refractivity contribution >= 4 is 12.0 Å². The van der Waals surface area contributed by atoms with E-state index in [0.717, 1.165) is 30.8 Å². The second-order valence-corrected chi connectivity index (χ2v) is 5.88. The molecule has 122 valence electrons. The minimum absolute atomic E-state index is 0.0271. The average Bonchev–Trinajstić information content (AvgIpc) is 3.27. The Kier molecular flexibility index (Phi) is 4.98. The van der Waals surface area contributed by atoms with Crippen molar-refractivity contribution in [2.75, 3.05) is 13.2 Å². The maximum atomic E-state index is 12.6. The van der Waals surface area contributed by atoms with Crippen molar-refractivity contribution in [1.29, 1.82) is 0 Å². The summed E-state index contributed by atoms with van der Waals surface area (Å²) in [4.78, 5) is 14.4. The van der Waals surface area contributed by atoms with E-state index in [-0.39, 0.29) is 12.0 Å². The predicted molar refractivity (Wildman–Crippen MR) is 87.5 cm³/mol. The second-order valence-electron chi connectivity index (χ2n) is 5.88. The number of carbonyl (C=O) groups excluding carboxylic acids is 1. The molecule has 2 aromatic rings. The molecule has 0 spiro atoms. The largest absolute Gasteiger partial charge is 0.467 e. The van der Waals surface area contributed by atoms with Crippen LogP contribution in [0.5, 0.6) is 0 Å². The molecule has 1 saturated heterocycles. The Morgan fingerprint density at radius 3 is 3.04 bits per heavy atom. The SMILES string of the molecule is Cn1ccc(C=CC(=O)N(Cc2ccco2)CC2CCCO2)c1. The molecule has 0 bridgehead atoms. The molecule has 3 heterocycles. The Morgan fingerprint density at radius 2 is 2.39 bits per heavy atom. The standard InChI is InChI=1S/C18H22N2O3/c1-19-9-8-15(12-19)6-7-18(21)20(13-16-4-2-10-22-16)14-17-5-3-11-23-17/h2,4,6-10,12,17H,3,5,11,13-14H2,1H3. The molecule has 0 aromatic carbocycles. The smallest absolute Gasteiger partial charge is 0.247 e. The first-order valence-electron chi connectivity index (χ1n) is 7.93. The molecule has 1 aliphatic heterocycles. The molecule has 0 saturated carbocycles. The highest BCUT2D eigenvalue weighted by molar-refractivity contribution is 5.91. The zero-order valence-electron chi connectivity index (χ0n) is 13.4. The van der Waals surface area contributed by atoms with E-state index in [9.17, 15) is 4.79 Å². The Labute approximate surface area is 136 Å². The third kappa shape index (κ3) is 4.36. The zero-order valence-corrected chi connectivity index (χ0v) is 13.4. The van der Waals surface area contributed by atoms with E-state index >= 15 is 0 Å². The van der Waals surface area contributed by atoms with Crippen LogP contribution in [0.25, 0.3) is 6.08 Å². The average molecular weight is 314 g/mol. The number of amides is 1. The van der Waals surface area contributed by atoms with Crippen LogP contribution in [0.3, 0.4) is 0 Å². The lowest BCUT2D eigenvalue weighted by Crippen LogP contribution is -2.35. The van der Waals surface area contributed by atoms with Gasteiger partial charge < -0.3 is 18.6 Å². The topological polar surface area (TPSA) is 47.6 Å². The van der Waals surface area contributed by atoms with Gasteiger partial charge in [0, 0.05) is 38.7 Å². The number of hydrogen-bond acceptors (Lipinski definition) is 3. The number of nitrogens with zero attached hydrogens (tertiary/aromatic N) is 2. The monoisotopic (exact) mass is 314 g/mol. The summed E-state index contributed by atoms with van der Waals surface area (Å²) < 4.78 is 13.0. The van der Waals surface area contributed by atoms with E-state index in [2.05, 4.69) is 0 Å². The minimum atomic E-state index is -0.0271. The van der Waals surface area contributed by atoms with Crippen molar-refractivity contribution in [3.63, 3.8) is 0 Å². The highest BCUT2D eigenvalue weighted by atomic mass is 16.5. The molecule has 3 rings (SSSR count). The lowest BCUT2D eigenvalue weighted by atomic mass is 10.2. The van der Waals surface area contributed by atoms with E-state index in [1.54, 1.807) is 17.2 Å². The zero-order chi connectivity index (χ0) is 16.1. The Bertz CT molecular complexity index is 652. The van der Waals surface area contributed by atoms with Crippen LogP contribution >= 0.6 is 0 Å². The van der Waals surface area contributed by atoms with E-state index in [1.165, 1.54) is 0 Å². The molecule has 1 unspecified atom stereocenters. The summed E-state index contributed by atoms with van der Waals surface area (Å²) in [5, 5.41) is 0. The Balaban J connectivity index is 1.67. The van der Waals surface area contributed by atoms with Gasteiger partial charge in [0.15, 0.2) is 0 Å². The van der Waals surface area contributed by atoms with Gasteiger partial charge in [-0.05, 0) is 42.7 Å². The lowest BCUT2D eigenvalue weighted by Gasteiger charge is -2.23. The molecule has 1 aliphatic rings. The molecular weight excluding hydrogens is 292 g/mol. The molecule has 23 heavy (non-hydrogen) atoms. The van der Waals surface area contributed by atoms with Crippen LogP contribution in [0.4, 0.5) is 0 Å². The van der Waals surface area contributed by atoms with Gasteiger partial charge in [0.2, 0.25) is 5.91 Å². The molecule has 5 nitrogen and oxygen atoms in total. The fourth-order valence-corrected chi connectivity index (χ4v) is 2.75. The van der Waals surface area contributed by atoms with Gasteiger partial charge in [-0.25, -0.2) is 0 Å². The van der Waals surface area contributed by atoms with Gasteiger partial charge in [-0.15, -0.1) is 0 Å². The molecule has 0 radical (unpaired) electrons. The van der Waals surface area contributed by atoms with Gasteiger partial charge >= 0.3 is 0 Å². The van der Waals surface area contributed by atoms with Crippen molar-refractivity contribution in [2.45, 2.75) is 25.5 Å². The second kappa shape index (κ2) is 7.33. The third-order valence-electron chi connectivity index (χ3n) is 3.96. The van der Waals surface area contributed by atoms with Gasteiger partial charge in [0.25, 0.3) is 0 Å². The molecule has 0 aliphatic carbocycles. The number of hydrogen-bond donors (Lipinski definition) is 0. The molecule has 1 amide bonds. The first kappa shape index (κ1) is 15.6. The van der Waals surface area contributed by atoms with Gasteiger partial charge in [0.05, 0.1) is 18.9 Å². The molecule has 2 aromatic heterocycles. The number of aromatic nitrogens is 1. The quantitative estimate of drug-likeness (QED) is 0.770. The predicted octanol–water partition coefficient (Wildman–Crippen LogP) is 2.84. The normalized spacial score (nSPS) is 17.9. The van der Waals surface area contributed by atoms with Crippen LogP contribution in [0.15, 0.2) is 47.3 Å². The number of carbonyl (C=O) groups is 1. The van der Waals surface area contributed by atoms with Gasteiger partial charge in [0.1, 0.15) is 5.76 Å². The number of furan rings is 1. The van der Waals surface area contributed by atoms with Crippen molar-refractivity contribution in [3.05, 3.63) is 54.3 Å². The maximum absolute atomic E-state index is 12.6. The van der Waals surface area contributed by atoms with E-state index < -0.39 is 0 Å². The van der Waals surface area contributed by atoms with Crippen molar-refractivity contribution in [2.24, 2.45) is 7.05 Å². The number of rotatable bonds is 6. The van der Waals surface area contributed by atoms with Crippen molar-refractivity contribution in [1.82, 2.24) is 9.47 Å². The molecule has 1 fully saturated rings. The molecule has 1 atom stereocenters. The fraction of sp³-hybridized carbons (Fsp3) is 0.389. The number of aryl methyl sites for hydroxylation is 1. The summed E-state index contributed by atoms with van der Waals surface area (Å²) in [6, 6.07) is 5.70. The van der Waals surface area contributed by atoms with Crippen LogP contribution in [-0.2, 0) is 23.1 Å². The van der Waals surface area contributed by atoms with E-state index in [4.69, 9.17) is 9.15 Å². The summed E-state index contributed by atoms with van der Waals surface area (Å²) in [6.07, 6.45) is 11.2. The minimum Gasteiger partial charge on any atom is -0.467 e. The first-order valence-corrected chi connectivity index (χ1v) is 7.93. The third-order valence-corrected chi connectivity index (χ3v) is 3.96. The lowest BCUT2D eigenvalue weighted by molar-refractivity contribution is -0.128. The maximum Gasteiger partial charge on any atom is 0.247 e. The summed E-state index contributed by atoms with van der Waals surface area (Å²) in [5.41, 5.74) is 1.01. The molecule has 5 heteroatoms. The molecule has 0 N–H and O–H groups in total. The van der Waals surface area contributed by atoms with Gasteiger partial charge in [-0.1, -0.05) is 0 Å². The van der Waals surface area contributed by atoms with Gasteiger partial charge in [-0.3, -0.25) is 4.79 Å². The number of ether oxygens (including phenoxy) is 1. The summed E-state index contributed by atoms with van der Waals surface area (Å²) in [6.45, 7) is 1.84. The Morgan fingerprint density at radius 1 is 1.48 bits per heavy atom.